The van der Waals surface area contributed by atoms with Gasteiger partial charge < -0.3 is 9.64 Å². The normalized spacial score (nSPS) is 11.5. The number of amides is 1. The Bertz CT molecular complexity index is 512. The number of carbonyl (C=O) groups is 1. The number of halogens is 1. The van der Waals surface area contributed by atoms with E-state index in [4.69, 9.17) is 15.4 Å². The first-order chi connectivity index (χ1) is 8.40. The quantitative estimate of drug-likeness (QED) is 0.751. The summed E-state index contributed by atoms with van der Waals surface area (Å²) in [5.41, 5.74) is 0.331. The van der Waals surface area contributed by atoms with E-state index in [0.717, 1.165) is 11.3 Å². The second kappa shape index (κ2) is 6.51. The van der Waals surface area contributed by atoms with Crippen LogP contribution < -0.4 is 0 Å². The van der Waals surface area contributed by atoms with Gasteiger partial charge >= 0.3 is 0 Å². The fraction of sp³-hybridized carbons (Fsp3) is 0.500. The van der Waals surface area contributed by atoms with E-state index in [9.17, 15) is 13.2 Å². The van der Waals surface area contributed by atoms with Crippen molar-refractivity contribution in [3.63, 3.8) is 0 Å². The van der Waals surface area contributed by atoms with Gasteiger partial charge in [0.05, 0.1) is 12.2 Å². The van der Waals surface area contributed by atoms with Gasteiger partial charge in [0.25, 0.3) is 15.0 Å². The van der Waals surface area contributed by atoms with Crippen LogP contribution in [0.3, 0.4) is 0 Å². The third-order valence-electron chi connectivity index (χ3n) is 2.30. The first-order valence-electron chi connectivity index (χ1n) is 5.21. The minimum absolute atomic E-state index is 0.0182. The van der Waals surface area contributed by atoms with Crippen molar-refractivity contribution in [3.8, 4) is 0 Å². The van der Waals surface area contributed by atoms with E-state index in [0.29, 0.717) is 25.3 Å². The summed E-state index contributed by atoms with van der Waals surface area (Å²) in [7, 11) is 3.00. The van der Waals surface area contributed by atoms with E-state index >= 15 is 0 Å². The molecule has 8 heteroatoms. The van der Waals surface area contributed by atoms with E-state index in [1.165, 1.54) is 11.4 Å². The Hall–Kier alpha value is -0.630. The third kappa shape index (κ3) is 3.94. The largest absolute Gasteiger partial charge is 0.383 e. The highest BCUT2D eigenvalue weighted by molar-refractivity contribution is 8.15. The van der Waals surface area contributed by atoms with Gasteiger partial charge in [-0.1, -0.05) is 0 Å². The Morgan fingerprint density at radius 2 is 2.22 bits per heavy atom. The Labute approximate surface area is 115 Å². The highest BCUT2D eigenvalue weighted by Gasteiger charge is 2.19. The number of ether oxygens (including phenoxy) is 1. The van der Waals surface area contributed by atoms with Crippen molar-refractivity contribution in [1.29, 1.82) is 0 Å². The number of thiophene rings is 1. The molecule has 0 aliphatic heterocycles. The number of likely N-dealkylation sites (N-methyl/N-ethyl adjacent to an activating group) is 1. The molecule has 1 aromatic rings. The predicted molar refractivity (Wildman–Crippen MR) is 70.8 cm³/mol. The molecule has 102 valence electrons. The first-order valence-corrected chi connectivity index (χ1v) is 8.40. The fourth-order valence-corrected chi connectivity index (χ4v) is 3.28. The highest BCUT2D eigenvalue weighted by Crippen LogP contribution is 2.24. The van der Waals surface area contributed by atoms with Gasteiger partial charge in [-0.25, -0.2) is 8.42 Å². The van der Waals surface area contributed by atoms with Gasteiger partial charge in [0.1, 0.15) is 4.21 Å². The van der Waals surface area contributed by atoms with Crippen LogP contribution in [0.2, 0.25) is 0 Å². The Kier molecular flexibility index (Phi) is 5.58. The summed E-state index contributed by atoms with van der Waals surface area (Å²) in [6.45, 7) is 3.27. The molecule has 1 rings (SSSR count). The van der Waals surface area contributed by atoms with E-state index in [1.807, 2.05) is 6.92 Å². The zero-order valence-electron chi connectivity index (χ0n) is 10.1. The molecule has 0 aliphatic rings. The number of rotatable bonds is 6. The van der Waals surface area contributed by atoms with Crippen LogP contribution in [0.25, 0.3) is 0 Å². The summed E-state index contributed by atoms with van der Waals surface area (Å²) in [4.78, 5) is 13.6. The number of carbonyl (C=O) groups excluding carboxylic acids is 1. The maximum Gasteiger partial charge on any atom is 0.270 e. The van der Waals surface area contributed by atoms with E-state index in [1.54, 1.807) is 12.0 Å². The molecule has 0 unspecified atom stereocenters. The Morgan fingerprint density at radius 1 is 1.56 bits per heavy atom. The van der Waals surface area contributed by atoms with Crippen molar-refractivity contribution in [2.75, 3.05) is 26.8 Å². The van der Waals surface area contributed by atoms with Gasteiger partial charge in [-0.2, -0.15) is 0 Å². The van der Waals surface area contributed by atoms with Crippen molar-refractivity contribution >= 4 is 37.0 Å². The minimum atomic E-state index is -3.77. The van der Waals surface area contributed by atoms with E-state index in [2.05, 4.69) is 0 Å². The average molecular weight is 312 g/mol. The van der Waals surface area contributed by atoms with Crippen LogP contribution in [0.5, 0.6) is 0 Å². The summed E-state index contributed by atoms with van der Waals surface area (Å²) in [5, 5.41) is 1.49. The van der Waals surface area contributed by atoms with Gasteiger partial charge in [-0.3, -0.25) is 4.79 Å². The SMILES string of the molecule is CCN(CCOC)C(=O)c1csc(S(=O)(=O)Cl)c1. The summed E-state index contributed by atoms with van der Waals surface area (Å²) >= 11 is 0.938. The molecular weight excluding hydrogens is 298 g/mol. The predicted octanol–water partition coefficient (Wildman–Crippen LogP) is 1.78. The average Bonchev–Trinajstić information content (AvgIpc) is 2.78. The van der Waals surface area contributed by atoms with E-state index < -0.39 is 9.05 Å². The molecule has 0 N–H and O–H groups in total. The molecule has 1 aromatic heterocycles. The van der Waals surface area contributed by atoms with Crippen molar-refractivity contribution < 1.29 is 17.9 Å². The van der Waals surface area contributed by atoms with Crippen LogP contribution >= 0.6 is 22.0 Å². The van der Waals surface area contributed by atoms with Crippen molar-refractivity contribution in [3.05, 3.63) is 17.0 Å². The molecule has 1 heterocycles. The maximum absolute atomic E-state index is 12.1. The van der Waals surface area contributed by atoms with Crippen molar-refractivity contribution in [2.45, 2.75) is 11.1 Å². The van der Waals surface area contributed by atoms with E-state index in [-0.39, 0.29) is 10.1 Å². The molecule has 0 saturated heterocycles. The van der Waals surface area contributed by atoms with Crippen LogP contribution in [0.4, 0.5) is 0 Å². The van der Waals surface area contributed by atoms with Crippen LogP contribution in [0.1, 0.15) is 17.3 Å². The lowest BCUT2D eigenvalue weighted by molar-refractivity contribution is 0.0707. The van der Waals surface area contributed by atoms with Gasteiger partial charge in [-0.05, 0) is 13.0 Å². The molecule has 0 spiro atoms. The number of methoxy groups -OCH3 is 1. The van der Waals surface area contributed by atoms with Crippen molar-refractivity contribution in [1.82, 2.24) is 4.90 Å². The molecule has 0 atom stereocenters. The number of hydrogen-bond donors (Lipinski definition) is 0. The lowest BCUT2D eigenvalue weighted by Crippen LogP contribution is -2.33. The summed E-state index contributed by atoms with van der Waals surface area (Å²) < 4.78 is 27.1. The topological polar surface area (TPSA) is 63.7 Å². The highest BCUT2D eigenvalue weighted by atomic mass is 35.7. The minimum Gasteiger partial charge on any atom is -0.383 e. The second-order valence-corrected chi connectivity index (χ2v) is 7.17. The van der Waals surface area contributed by atoms with Crippen LogP contribution in [-0.2, 0) is 13.8 Å². The Balaban J connectivity index is 2.86. The molecule has 0 radical (unpaired) electrons. The Morgan fingerprint density at radius 3 is 2.67 bits per heavy atom. The lowest BCUT2D eigenvalue weighted by Gasteiger charge is -2.19. The molecule has 0 aliphatic carbocycles. The monoisotopic (exact) mass is 311 g/mol. The molecule has 1 amide bonds. The smallest absolute Gasteiger partial charge is 0.270 e. The third-order valence-corrected chi connectivity index (χ3v) is 5.34. The molecule has 5 nitrogen and oxygen atoms in total. The van der Waals surface area contributed by atoms with Crippen LogP contribution in [-0.4, -0.2) is 46.0 Å². The lowest BCUT2D eigenvalue weighted by atomic mass is 10.3. The first kappa shape index (κ1) is 15.4. The van der Waals surface area contributed by atoms with Crippen LogP contribution in [0.15, 0.2) is 15.7 Å². The number of hydrogen-bond acceptors (Lipinski definition) is 5. The van der Waals surface area contributed by atoms with Gasteiger partial charge in [0.15, 0.2) is 0 Å². The molecular formula is C10H14ClNO4S2. The zero-order valence-corrected chi connectivity index (χ0v) is 12.4. The molecule has 0 saturated carbocycles. The standard InChI is InChI=1S/C10H14ClNO4S2/c1-3-12(4-5-16-2)10(13)8-6-9(17-7-8)18(11,14)15/h6-7H,3-5H2,1-2H3. The molecule has 0 aromatic carbocycles. The molecule has 18 heavy (non-hydrogen) atoms. The zero-order chi connectivity index (χ0) is 13.8. The van der Waals surface area contributed by atoms with Crippen molar-refractivity contribution in [2.24, 2.45) is 0 Å². The maximum atomic E-state index is 12.1. The number of nitrogens with zero attached hydrogens (tertiary/aromatic N) is 1. The molecule has 0 bridgehead atoms. The van der Waals surface area contributed by atoms with Crippen LogP contribution in [0, 0.1) is 0 Å². The van der Waals surface area contributed by atoms with Gasteiger partial charge in [-0.15, -0.1) is 11.3 Å². The summed E-state index contributed by atoms with van der Waals surface area (Å²) in [6.07, 6.45) is 0. The summed E-state index contributed by atoms with van der Waals surface area (Å²) in [5.74, 6) is -0.225. The fourth-order valence-electron chi connectivity index (χ4n) is 1.34. The van der Waals surface area contributed by atoms with Gasteiger partial charge in [0, 0.05) is 36.3 Å². The molecule has 0 fully saturated rings. The second-order valence-electron chi connectivity index (χ2n) is 3.47. The summed E-state index contributed by atoms with van der Waals surface area (Å²) in [6, 6.07) is 1.30. The van der Waals surface area contributed by atoms with Gasteiger partial charge in [0.2, 0.25) is 0 Å².